The van der Waals surface area contributed by atoms with E-state index in [2.05, 4.69) is 6.07 Å². The molecule has 3 heteroatoms. The van der Waals surface area contributed by atoms with E-state index in [1.165, 1.54) is 0 Å². The van der Waals surface area contributed by atoms with Crippen LogP contribution < -0.4 is 0 Å². The number of hydrogen-bond acceptors (Lipinski definition) is 2. The minimum atomic E-state index is 0.0731. The highest BCUT2D eigenvalue weighted by Crippen LogP contribution is 2.13. The number of aliphatic hydroxyl groups is 1. The molecular formula is C9H12N2O. The zero-order valence-electron chi connectivity index (χ0n) is 7.33. The average molecular weight is 164 g/mol. The summed E-state index contributed by atoms with van der Waals surface area (Å²) in [7, 11) is 0. The summed E-state index contributed by atoms with van der Waals surface area (Å²) >= 11 is 0. The van der Waals surface area contributed by atoms with Crippen molar-refractivity contribution in [1.29, 1.82) is 5.26 Å². The van der Waals surface area contributed by atoms with Crippen LogP contribution >= 0.6 is 0 Å². The molecule has 3 nitrogen and oxygen atoms in total. The van der Waals surface area contributed by atoms with Gasteiger partial charge in [0.25, 0.3) is 0 Å². The lowest BCUT2D eigenvalue weighted by atomic mass is 10.3. The average Bonchev–Trinajstić information content (AvgIpc) is 2.28. The van der Waals surface area contributed by atoms with Crippen LogP contribution in [0.25, 0.3) is 0 Å². The Bertz CT molecular complexity index is 320. The molecule has 0 saturated carbocycles. The van der Waals surface area contributed by atoms with Crippen LogP contribution in [0.2, 0.25) is 0 Å². The highest BCUT2D eigenvalue weighted by atomic mass is 16.3. The van der Waals surface area contributed by atoms with E-state index in [-0.39, 0.29) is 6.61 Å². The molecule has 0 aliphatic heterocycles. The van der Waals surface area contributed by atoms with Crippen molar-refractivity contribution in [1.82, 2.24) is 4.57 Å². The Balaban J connectivity index is 3.16. The second-order valence-electron chi connectivity index (χ2n) is 2.80. The highest BCUT2D eigenvalue weighted by molar-refractivity contribution is 5.35. The van der Waals surface area contributed by atoms with Crippen molar-refractivity contribution >= 4 is 0 Å². The normalized spacial score (nSPS) is 9.83. The minimum absolute atomic E-state index is 0.0731. The molecule has 0 bridgehead atoms. The molecule has 1 N–H and O–H groups in total. The number of aryl methyl sites for hydroxylation is 2. The SMILES string of the molecule is Cc1cc(C)n(CCO)c1C#N. The zero-order chi connectivity index (χ0) is 9.14. The van der Waals surface area contributed by atoms with Gasteiger partial charge in [-0.3, -0.25) is 0 Å². The third-order valence-electron chi connectivity index (χ3n) is 1.92. The van der Waals surface area contributed by atoms with Gasteiger partial charge in [-0.2, -0.15) is 5.26 Å². The molecule has 1 heterocycles. The van der Waals surface area contributed by atoms with Gasteiger partial charge in [-0.1, -0.05) is 0 Å². The van der Waals surface area contributed by atoms with Gasteiger partial charge in [0.05, 0.1) is 6.61 Å². The topological polar surface area (TPSA) is 49.0 Å². The molecule has 1 aromatic rings. The Hall–Kier alpha value is -1.27. The molecule has 0 amide bonds. The molecule has 0 aliphatic carbocycles. The molecule has 0 aromatic carbocycles. The molecule has 0 spiro atoms. The van der Waals surface area contributed by atoms with Gasteiger partial charge in [0.1, 0.15) is 11.8 Å². The van der Waals surface area contributed by atoms with Crippen LogP contribution in [0, 0.1) is 25.2 Å². The number of hydrogen-bond donors (Lipinski definition) is 1. The number of nitrogens with zero attached hydrogens (tertiary/aromatic N) is 2. The Morgan fingerprint density at radius 3 is 2.75 bits per heavy atom. The van der Waals surface area contributed by atoms with E-state index >= 15 is 0 Å². The molecule has 0 saturated heterocycles. The van der Waals surface area contributed by atoms with E-state index in [4.69, 9.17) is 10.4 Å². The monoisotopic (exact) mass is 164 g/mol. The summed E-state index contributed by atoms with van der Waals surface area (Å²) in [5, 5.41) is 17.5. The lowest BCUT2D eigenvalue weighted by Crippen LogP contribution is -2.06. The van der Waals surface area contributed by atoms with Gasteiger partial charge in [0.2, 0.25) is 0 Å². The Morgan fingerprint density at radius 2 is 2.25 bits per heavy atom. The summed E-state index contributed by atoms with van der Waals surface area (Å²) in [5.74, 6) is 0. The molecule has 0 fully saturated rings. The summed E-state index contributed by atoms with van der Waals surface area (Å²) in [6, 6.07) is 4.07. The number of nitriles is 1. The van der Waals surface area contributed by atoms with Crippen molar-refractivity contribution in [3.05, 3.63) is 23.0 Å². The van der Waals surface area contributed by atoms with E-state index in [1.807, 2.05) is 24.5 Å². The highest BCUT2D eigenvalue weighted by Gasteiger charge is 2.07. The quantitative estimate of drug-likeness (QED) is 0.708. The maximum absolute atomic E-state index is 8.79. The predicted octanol–water partition coefficient (Wildman–Crippen LogP) is 0.969. The summed E-state index contributed by atoms with van der Waals surface area (Å²) in [6.07, 6.45) is 0. The first-order chi connectivity index (χ1) is 5.70. The molecule has 0 atom stereocenters. The first-order valence-electron chi connectivity index (χ1n) is 3.88. The van der Waals surface area contributed by atoms with Crippen molar-refractivity contribution in [3.8, 4) is 6.07 Å². The minimum Gasteiger partial charge on any atom is -0.395 e. The van der Waals surface area contributed by atoms with E-state index < -0.39 is 0 Å². The summed E-state index contributed by atoms with van der Waals surface area (Å²) in [4.78, 5) is 0. The third kappa shape index (κ3) is 1.34. The van der Waals surface area contributed by atoms with Crippen molar-refractivity contribution in [2.24, 2.45) is 0 Å². The van der Waals surface area contributed by atoms with E-state index in [0.29, 0.717) is 12.2 Å². The van der Waals surface area contributed by atoms with Crippen LogP contribution in [-0.4, -0.2) is 16.3 Å². The van der Waals surface area contributed by atoms with Gasteiger partial charge in [-0.25, -0.2) is 0 Å². The summed E-state index contributed by atoms with van der Waals surface area (Å²) in [5.41, 5.74) is 2.66. The molecule has 0 radical (unpaired) electrons. The van der Waals surface area contributed by atoms with Crippen molar-refractivity contribution in [2.45, 2.75) is 20.4 Å². The molecule has 64 valence electrons. The molecule has 12 heavy (non-hydrogen) atoms. The fraction of sp³-hybridized carbons (Fsp3) is 0.444. The fourth-order valence-corrected chi connectivity index (χ4v) is 1.39. The smallest absolute Gasteiger partial charge is 0.123 e. The predicted molar refractivity (Wildman–Crippen MR) is 45.7 cm³/mol. The van der Waals surface area contributed by atoms with Gasteiger partial charge in [-0.05, 0) is 25.5 Å². The van der Waals surface area contributed by atoms with Crippen molar-refractivity contribution in [2.75, 3.05) is 6.61 Å². The van der Waals surface area contributed by atoms with E-state index in [9.17, 15) is 0 Å². The van der Waals surface area contributed by atoms with Gasteiger partial charge < -0.3 is 9.67 Å². The lowest BCUT2D eigenvalue weighted by Gasteiger charge is -2.04. The number of aliphatic hydroxyl groups excluding tert-OH is 1. The molecule has 1 aromatic heterocycles. The Labute approximate surface area is 71.9 Å². The zero-order valence-corrected chi connectivity index (χ0v) is 7.33. The van der Waals surface area contributed by atoms with Gasteiger partial charge in [-0.15, -0.1) is 0 Å². The second-order valence-corrected chi connectivity index (χ2v) is 2.80. The summed E-state index contributed by atoms with van der Waals surface area (Å²) < 4.78 is 1.83. The lowest BCUT2D eigenvalue weighted by molar-refractivity contribution is 0.274. The largest absolute Gasteiger partial charge is 0.395 e. The molecule has 0 aliphatic rings. The number of rotatable bonds is 2. The van der Waals surface area contributed by atoms with Crippen molar-refractivity contribution < 1.29 is 5.11 Å². The van der Waals surface area contributed by atoms with Gasteiger partial charge in [0.15, 0.2) is 0 Å². The molecule has 0 unspecified atom stereocenters. The maximum Gasteiger partial charge on any atom is 0.123 e. The maximum atomic E-state index is 8.79. The Kier molecular flexibility index (Phi) is 2.51. The van der Waals surface area contributed by atoms with Crippen LogP contribution in [0.1, 0.15) is 17.0 Å². The van der Waals surface area contributed by atoms with Crippen LogP contribution in [0.5, 0.6) is 0 Å². The Morgan fingerprint density at radius 1 is 1.58 bits per heavy atom. The van der Waals surface area contributed by atoms with Crippen LogP contribution in [-0.2, 0) is 6.54 Å². The standard InChI is InChI=1S/C9H12N2O/c1-7-5-8(2)11(3-4-12)9(7)6-10/h5,12H,3-4H2,1-2H3. The second kappa shape index (κ2) is 3.42. The first-order valence-corrected chi connectivity index (χ1v) is 3.88. The first kappa shape index (κ1) is 8.82. The van der Waals surface area contributed by atoms with E-state index in [1.54, 1.807) is 0 Å². The van der Waals surface area contributed by atoms with Crippen LogP contribution in [0.15, 0.2) is 6.07 Å². The molecular weight excluding hydrogens is 152 g/mol. The fourth-order valence-electron chi connectivity index (χ4n) is 1.39. The van der Waals surface area contributed by atoms with E-state index in [0.717, 1.165) is 11.3 Å². The van der Waals surface area contributed by atoms with Crippen molar-refractivity contribution in [3.63, 3.8) is 0 Å². The van der Waals surface area contributed by atoms with Crippen LogP contribution in [0.4, 0.5) is 0 Å². The molecule has 1 rings (SSSR count). The van der Waals surface area contributed by atoms with Crippen LogP contribution in [0.3, 0.4) is 0 Å². The van der Waals surface area contributed by atoms with Gasteiger partial charge in [0, 0.05) is 12.2 Å². The summed E-state index contributed by atoms with van der Waals surface area (Å²) in [6.45, 7) is 4.41. The third-order valence-corrected chi connectivity index (χ3v) is 1.92. The van der Waals surface area contributed by atoms with Gasteiger partial charge >= 0.3 is 0 Å². The number of aromatic nitrogens is 1.